The van der Waals surface area contributed by atoms with Gasteiger partial charge in [-0.2, -0.15) is 0 Å². The van der Waals surface area contributed by atoms with E-state index in [-0.39, 0.29) is 17.4 Å². The summed E-state index contributed by atoms with van der Waals surface area (Å²) in [6, 6.07) is 12.8. The van der Waals surface area contributed by atoms with Gasteiger partial charge in [0, 0.05) is 16.7 Å². The Kier molecular flexibility index (Phi) is 6.18. The van der Waals surface area contributed by atoms with Gasteiger partial charge in [-0.05, 0) is 49.7 Å². The van der Waals surface area contributed by atoms with Crippen LogP contribution in [-0.4, -0.2) is 31.5 Å². The summed E-state index contributed by atoms with van der Waals surface area (Å²) in [4.78, 5) is 12.2. The fraction of sp³-hybridized carbons (Fsp3) is 0.211. The van der Waals surface area contributed by atoms with E-state index in [1.807, 2.05) is 42.7 Å². The number of phenols is 1. The summed E-state index contributed by atoms with van der Waals surface area (Å²) in [6.07, 6.45) is 0. The maximum Gasteiger partial charge on any atom is 0.234 e. The number of amides is 1. The lowest BCUT2D eigenvalue weighted by atomic mass is 10.2. The van der Waals surface area contributed by atoms with Crippen LogP contribution < -0.4 is 5.32 Å². The van der Waals surface area contributed by atoms with Crippen LogP contribution in [0.15, 0.2) is 52.1 Å². The molecule has 0 aliphatic heterocycles. The van der Waals surface area contributed by atoms with Crippen molar-refractivity contribution in [1.29, 1.82) is 0 Å². The number of rotatable bonds is 6. The van der Waals surface area contributed by atoms with Gasteiger partial charge in [-0.25, -0.2) is 0 Å². The molecule has 0 radical (unpaired) electrons. The van der Waals surface area contributed by atoms with Crippen molar-refractivity contribution >= 4 is 39.3 Å². The summed E-state index contributed by atoms with van der Waals surface area (Å²) >= 11 is 4.72. The van der Waals surface area contributed by atoms with Gasteiger partial charge in [0.1, 0.15) is 5.75 Å². The first kappa shape index (κ1) is 19.4. The number of anilines is 1. The minimum Gasteiger partial charge on any atom is -0.507 e. The third-order valence-corrected chi connectivity index (χ3v) is 5.33. The van der Waals surface area contributed by atoms with Crippen LogP contribution in [0.4, 0.5) is 5.69 Å². The lowest BCUT2D eigenvalue weighted by Gasteiger charge is -2.09. The molecular weight excluding hydrogens is 428 g/mol. The number of aromatic nitrogens is 3. The summed E-state index contributed by atoms with van der Waals surface area (Å²) in [5, 5.41) is 22.1. The highest BCUT2D eigenvalue weighted by atomic mass is 79.9. The third kappa shape index (κ3) is 4.70. The molecule has 3 aromatic rings. The molecule has 140 valence electrons. The van der Waals surface area contributed by atoms with Crippen molar-refractivity contribution in [2.75, 3.05) is 11.1 Å². The molecule has 1 heterocycles. The molecule has 6 nitrogen and oxygen atoms in total. The molecule has 0 unspecified atom stereocenters. The first-order valence-corrected chi connectivity index (χ1v) is 10.2. The molecule has 2 aromatic carbocycles. The number of carbonyl (C=O) groups is 1. The molecule has 0 atom stereocenters. The molecule has 8 heteroatoms. The molecule has 0 bridgehead atoms. The van der Waals surface area contributed by atoms with Crippen molar-refractivity contribution in [3.05, 3.63) is 52.5 Å². The first-order chi connectivity index (χ1) is 13.0. The molecule has 0 fully saturated rings. The molecule has 2 N–H and O–H groups in total. The monoisotopic (exact) mass is 446 g/mol. The number of carbonyl (C=O) groups excluding carboxylic acids is 1. The Hall–Kier alpha value is -2.32. The SMILES string of the molecule is CCn1c(SCC(=O)Nc2cccc(C)c2)nnc1-c1cc(Br)ccc1O. The summed E-state index contributed by atoms with van der Waals surface area (Å²) in [5.74, 6) is 0.811. The molecule has 0 saturated heterocycles. The zero-order valence-corrected chi connectivity index (χ0v) is 17.3. The smallest absolute Gasteiger partial charge is 0.234 e. The van der Waals surface area contributed by atoms with Crippen LogP contribution in [-0.2, 0) is 11.3 Å². The lowest BCUT2D eigenvalue weighted by molar-refractivity contribution is -0.113. The van der Waals surface area contributed by atoms with E-state index < -0.39 is 0 Å². The summed E-state index contributed by atoms with van der Waals surface area (Å²) < 4.78 is 2.72. The minimum atomic E-state index is -0.108. The number of hydrogen-bond donors (Lipinski definition) is 2. The number of nitrogens with one attached hydrogen (secondary N) is 1. The van der Waals surface area contributed by atoms with Gasteiger partial charge in [-0.1, -0.05) is 39.8 Å². The van der Waals surface area contributed by atoms with Gasteiger partial charge in [0.15, 0.2) is 11.0 Å². The minimum absolute atomic E-state index is 0.108. The van der Waals surface area contributed by atoms with E-state index >= 15 is 0 Å². The molecule has 0 aliphatic carbocycles. The Morgan fingerprint density at radius 3 is 2.81 bits per heavy atom. The number of phenolic OH excluding ortho intramolecular Hbond substituents is 1. The Balaban J connectivity index is 1.73. The number of halogens is 1. The van der Waals surface area contributed by atoms with Gasteiger partial charge in [0.2, 0.25) is 5.91 Å². The van der Waals surface area contributed by atoms with E-state index in [2.05, 4.69) is 31.4 Å². The standard InChI is InChI=1S/C19H19BrN4O2S/c1-3-24-18(15-10-13(20)7-8-16(15)25)22-23-19(24)27-11-17(26)21-14-6-4-5-12(2)9-14/h4-10,25H,3,11H2,1-2H3,(H,21,26). The lowest BCUT2D eigenvalue weighted by Crippen LogP contribution is -2.14. The Morgan fingerprint density at radius 1 is 1.26 bits per heavy atom. The molecule has 27 heavy (non-hydrogen) atoms. The molecule has 0 saturated carbocycles. The number of nitrogens with zero attached hydrogens (tertiary/aromatic N) is 3. The second kappa shape index (κ2) is 8.58. The number of aromatic hydroxyl groups is 1. The zero-order chi connectivity index (χ0) is 19.4. The fourth-order valence-electron chi connectivity index (χ4n) is 2.62. The zero-order valence-electron chi connectivity index (χ0n) is 14.9. The number of hydrogen-bond acceptors (Lipinski definition) is 5. The van der Waals surface area contributed by atoms with Crippen LogP contribution in [0.1, 0.15) is 12.5 Å². The maximum absolute atomic E-state index is 12.2. The topological polar surface area (TPSA) is 80.0 Å². The van der Waals surface area contributed by atoms with Crippen molar-refractivity contribution in [2.24, 2.45) is 0 Å². The largest absolute Gasteiger partial charge is 0.507 e. The van der Waals surface area contributed by atoms with Crippen molar-refractivity contribution in [2.45, 2.75) is 25.5 Å². The molecule has 0 aliphatic rings. The van der Waals surface area contributed by atoms with Crippen LogP contribution >= 0.6 is 27.7 Å². The number of benzene rings is 2. The molecular formula is C19H19BrN4O2S. The highest BCUT2D eigenvalue weighted by Crippen LogP contribution is 2.32. The fourth-order valence-corrected chi connectivity index (χ4v) is 3.78. The average molecular weight is 447 g/mol. The quantitative estimate of drug-likeness (QED) is 0.545. The van der Waals surface area contributed by atoms with E-state index in [0.717, 1.165) is 15.7 Å². The summed E-state index contributed by atoms with van der Waals surface area (Å²) in [7, 11) is 0. The van der Waals surface area contributed by atoms with E-state index in [1.54, 1.807) is 18.2 Å². The van der Waals surface area contributed by atoms with E-state index in [1.165, 1.54) is 11.8 Å². The van der Waals surface area contributed by atoms with Gasteiger partial charge >= 0.3 is 0 Å². The van der Waals surface area contributed by atoms with Crippen molar-refractivity contribution in [3.63, 3.8) is 0 Å². The Bertz CT molecular complexity index is 974. The van der Waals surface area contributed by atoms with Gasteiger partial charge in [0.25, 0.3) is 0 Å². The van der Waals surface area contributed by atoms with Crippen LogP contribution in [0.25, 0.3) is 11.4 Å². The summed E-state index contributed by atoms with van der Waals surface area (Å²) in [6.45, 7) is 4.57. The molecule has 1 aromatic heterocycles. The Labute approximate surface area is 170 Å². The maximum atomic E-state index is 12.2. The second-order valence-electron chi connectivity index (χ2n) is 5.92. The van der Waals surface area contributed by atoms with Crippen molar-refractivity contribution in [1.82, 2.24) is 14.8 Å². The third-order valence-electron chi connectivity index (χ3n) is 3.87. The highest BCUT2D eigenvalue weighted by molar-refractivity contribution is 9.10. The van der Waals surface area contributed by atoms with E-state index in [9.17, 15) is 9.90 Å². The summed E-state index contributed by atoms with van der Waals surface area (Å²) in [5.41, 5.74) is 2.46. The first-order valence-electron chi connectivity index (χ1n) is 8.39. The predicted octanol–water partition coefficient (Wildman–Crippen LogP) is 4.47. The van der Waals surface area contributed by atoms with E-state index in [4.69, 9.17) is 0 Å². The highest BCUT2D eigenvalue weighted by Gasteiger charge is 2.17. The van der Waals surface area contributed by atoms with Crippen LogP contribution in [0, 0.1) is 6.92 Å². The second-order valence-corrected chi connectivity index (χ2v) is 7.78. The van der Waals surface area contributed by atoms with E-state index in [0.29, 0.717) is 23.1 Å². The number of thioether (sulfide) groups is 1. The normalized spacial score (nSPS) is 10.8. The van der Waals surface area contributed by atoms with Gasteiger partial charge in [-0.15, -0.1) is 10.2 Å². The van der Waals surface area contributed by atoms with Gasteiger partial charge in [0.05, 0.1) is 11.3 Å². The van der Waals surface area contributed by atoms with Crippen LogP contribution in [0.3, 0.4) is 0 Å². The van der Waals surface area contributed by atoms with Crippen molar-refractivity contribution < 1.29 is 9.90 Å². The molecule has 3 rings (SSSR count). The van der Waals surface area contributed by atoms with Crippen LogP contribution in [0.2, 0.25) is 0 Å². The average Bonchev–Trinajstić information content (AvgIpc) is 3.04. The van der Waals surface area contributed by atoms with Gasteiger partial charge < -0.3 is 15.0 Å². The Morgan fingerprint density at radius 2 is 2.07 bits per heavy atom. The van der Waals surface area contributed by atoms with Gasteiger partial charge in [-0.3, -0.25) is 4.79 Å². The van der Waals surface area contributed by atoms with Crippen molar-refractivity contribution in [3.8, 4) is 17.1 Å². The molecule has 1 amide bonds. The predicted molar refractivity (Wildman–Crippen MR) is 111 cm³/mol. The van der Waals surface area contributed by atoms with Crippen LogP contribution in [0.5, 0.6) is 5.75 Å². The number of aryl methyl sites for hydroxylation is 1. The molecule has 0 spiro atoms.